The van der Waals surface area contributed by atoms with Gasteiger partial charge in [0.25, 0.3) is 0 Å². The van der Waals surface area contributed by atoms with Gasteiger partial charge in [-0.15, -0.1) is 0 Å². The number of fused-ring (bicyclic) bond motifs is 2. The van der Waals surface area contributed by atoms with Crippen molar-refractivity contribution in [3.8, 4) is 0 Å². The highest BCUT2D eigenvalue weighted by molar-refractivity contribution is 5.90. The van der Waals surface area contributed by atoms with Crippen molar-refractivity contribution in [3.05, 3.63) is 29.3 Å². The summed E-state index contributed by atoms with van der Waals surface area (Å²) in [4.78, 5) is 11.9. The molecule has 108 valence electrons. The molecule has 2 aliphatic carbocycles. The molecule has 3 unspecified atom stereocenters. The number of ether oxygens (including phenoxy) is 1. The van der Waals surface area contributed by atoms with Gasteiger partial charge in [0.15, 0.2) is 0 Å². The van der Waals surface area contributed by atoms with Crippen molar-refractivity contribution < 1.29 is 18.3 Å². The normalized spacial score (nSPS) is 27.8. The first kappa shape index (κ1) is 13.3. The van der Waals surface area contributed by atoms with Crippen LogP contribution in [0.5, 0.6) is 0 Å². The molecule has 1 aromatic carbocycles. The summed E-state index contributed by atoms with van der Waals surface area (Å²) >= 11 is 0. The van der Waals surface area contributed by atoms with E-state index in [9.17, 15) is 13.6 Å². The number of nitrogens with two attached hydrogens (primary N) is 1. The highest BCUT2D eigenvalue weighted by Crippen LogP contribution is 2.48. The van der Waals surface area contributed by atoms with Crippen LogP contribution in [0.3, 0.4) is 0 Å². The maximum Gasteiger partial charge on any atom is 0.341 e. The molecule has 2 fully saturated rings. The molecule has 3 atom stereocenters. The van der Waals surface area contributed by atoms with E-state index < -0.39 is 17.6 Å². The van der Waals surface area contributed by atoms with Crippen LogP contribution in [0, 0.1) is 29.4 Å². The van der Waals surface area contributed by atoms with Gasteiger partial charge < -0.3 is 10.5 Å². The third-order valence-electron chi connectivity index (χ3n) is 4.62. The van der Waals surface area contributed by atoms with Crippen LogP contribution in [0.2, 0.25) is 0 Å². The molecule has 0 heterocycles. The number of anilines is 1. The molecular weight excluding hydrogens is 264 g/mol. The summed E-state index contributed by atoms with van der Waals surface area (Å²) in [5.41, 5.74) is 4.79. The highest BCUT2D eigenvalue weighted by atomic mass is 19.1. The van der Waals surface area contributed by atoms with Crippen LogP contribution in [-0.2, 0) is 4.74 Å². The highest BCUT2D eigenvalue weighted by Gasteiger charge is 2.40. The Morgan fingerprint density at radius 1 is 1.25 bits per heavy atom. The van der Waals surface area contributed by atoms with Crippen molar-refractivity contribution in [2.45, 2.75) is 25.7 Å². The molecule has 2 saturated carbocycles. The third kappa shape index (κ3) is 2.37. The summed E-state index contributed by atoms with van der Waals surface area (Å²) in [5, 5.41) is 0. The van der Waals surface area contributed by atoms with E-state index in [0.717, 1.165) is 18.4 Å². The van der Waals surface area contributed by atoms with Crippen molar-refractivity contribution >= 4 is 11.7 Å². The van der Waals surface area contributed by atoms with E-state index in [1.54, 1.807) is 0 Å². The average Bonchev–Trinajstić information content (AvgIpc) is 3.02. The van der Waals surface area contributed by atoms with Gasteiger partial charge in [-0.05, 0) is 43.1 Å². The van der Waals surface area contributed by atoms with Crippen LogP contribution in [0.15, 0.2) is 12.1 Å². The summed E-state index contributed by atoms with van der Waals surface area (Å²) in [7, 11) is 0. The van der Waals surface area contributed by atoms with Gasteiger partial charge in [0.2, 0.25) is 0 Å². The zero-order chi connectivity index (χ0) is 14.3. The maximum absolute atomic E-state index is 13.5. The number of esters is 1. The predicted octanol–water partition coefficient (Wildman–Crippen LogP) is 3.14. The Labute approximate surface area is 116 Å². The lowest BCUT2D eigenvalue weighted by Crippen LogP contribution is -2.20. The lowest BCUT2D eigenvalue weighted by Gasteiger charge is -2.21. The number of carbonyl (C=O) groups is 1. The SMILES string of the molecule is Nc1cc(C(=O)OCC2CC3CCC2C3)c(F)cc1F. The quantitative estimate of drug-likeness (QED) is 0.684. The van der Waals surface area contributed by atoms with E-state index in [0.29, 0.717) is 24.5 Å². The maximum atomic E-state index is 13.5. The van der Waals surface area contributed by atoms with Gasteiger partial charge in [0, 0.05) is 6.07 Å². The predicted molar refractivity (Wildman–Crippen MR) is 70.0 cm³/mol. The molecule has 2 aliphatic rings. The van der Waals surface area contributed by atoms with Crippen molar-refractivity contribution in [1.82, 2.24) is 0 Å². The fourth-order valence-electron chi connectivity index (χ4n) is 3.56. The minimum atomic E-state index is -0.936. The van der Waals surface area contributed by atoms with Crippen LogP contribution in [0.1, 0.15) is 36.0 Å². The Morgan fingerprint density at radius 2 is 2.05 bits per heavy atom. The van der Waals surface area contributed by atoms with Crippen molar-refractivity contribution in [1.29, 1.82) is 0 Å². The zero-order valence-corrected chi connectivity index (χ0v) is 11.1. The Kier molecular flexibility index (Phi) is 3.36. The summed E-state index contributed by atoms with van der Waals surface area (Å²) in [6, 6.07) is 1.61. The van der Waals surface area contributed by atoms with Crippen LogP contribution in [0.25, 0.3) is 0 Å². The van der Waals surface area contributed by atoms with Crippen LogP contribution in [0.4, 0.5) is 14.5 Å². The lowest BCUT2D eigenvalue weighted by atomic mass is 9.89. The number of hydrogen-bond donors (Lipinski definition) is 1. The molecule has 0 aromatic heterocycles. The minimum Gasteiger partial charge on any atom is -0.462 e. The first-order chi connectivity index (χ1) is 9.54. The number of benzene rings is 1. The molecule has 0 radical (unpaired) electrons. The largest absolute Gasteiger partial charge is 0.462 e. The van der Waals surface area contributed by atoms with Gasteiger partial charge in [-0.3, -0.25) is 0 Å². The molecule has 0 spiro atoms. The molecular formula is C15H17F2NO2. The number of hydrogen-bond acceptors (Lipinski definition) is 3. The van der Waals surface area contributed by atoms with Gasteiger partial charge in [0.05, 0.1) is 17.9 Å². The van der Waals surface area contributed by atoms with Crippen molar-refractivity contribution in [2.75, 3.05) is 12.3 Å². The van der Waals surface area contributed by atoms with Crippen LogP contribution < -0.4 is 5.73 Å². The average molecular weight is 281 g/mol. The fourth-order valence-corrected chi connectivity index (χ4v) is 3.56. The number of rotatable bonds is 3. The van der Waals surface area contributed by atoms with E-state index in [4.69, 9.17) is 10.5 Å². The molecule has 20 heavy (non-hydrogen) atoms. The molecule has 0 saturated heterocycles. The van der Waals surface area contributed by atoms with E-state index in [1.807, 2.05) is 0 Å². The zero-order valence-electron chi connectivity index (χ0n) is 11.1. The molecule has 3 rings (SSSR count). The summed E-state index contributed by atoms with van der Waals surface area (Å²) < 4.78 is 31.8. The standard InChI is InChI=1S/C15H17F2NO2/c16-12-6-13(17)14(18)5-11(12)15(19)20-7-10-4-8-1-2-9(10)3-8/h5-6,8-10H,1-4,7,18H2. The monoisotopic (exact) mass is 281 g/mol. The second-order valence-corrected chi connectivity index (χ2v) is 5.89. The van der Waals surface area contributed by atoms with E-state index in [1.165, 1.54) is 19.3 Å². The number of carbonyl (C=O) groups excluding carboxylic acids is 1. The topological polar surface area (TPSA) is 52.3 Å². The molecule has 1 aromatic rings. The Morgan fingerprint density at radius 3 is 2.70 bits per heavy atom. The van der Waals surface area contributed by atoms with Crippen LogP contribution in [-0.4, -0.2) is 12.6 Å². The van der Waals surface area contributed by atoms with Gasteiger partial charge in [-0.1, -0.05) is 6.42 Å². The molecule has 5 heteroatoms. The summed E-state index contributed by atoms with van der Waals surface area (Å²) in [6.45, 7) is 0.316. The summed E-state index contributed by atoms with van der Waals surface area (Å²) in [5.74, 6) is -0.782. The molecule has 2 bridgehead atoms. The first-order valence-corrected chi connectivity index (χ1v) is 6.96. The van der Waals surface area contributed by atoms with Crippen molar-refractivity contribution in [2.24, 2.45) is 17.8 Å². The van der Waals surface area contributed by atoms with Gasteiger partial charge in [0.1, 0.15) is 11.6 Å². The van der Waals surface area contributed by atoms with E-state index in [2.05, 4.69) is 0 Å². The third-order valence-corrected chi connectivity index (χ3v) is 4.62. The van der Waals surface area contributed by atoms with Gasteiger partial charge in [-0.25, -0.2) is 13.6 Å². The molecule has 0 aliphatic heterocycles. The Bertz CT molecular complexity index is 547. The number of halogens is 2. The molecule has 0 amide bonds. The van der Waals surface area contributed by atoms with Crippen molar-refractivity contribution in [3.63, 3.8) is 0 Å². The van der Waals surface area contributed by atoms with Gasteiger partial charge >= 0.3 is 5.97 Å². The smallest absolute Gasteiger partial charge is 0.341 e. The molecule has 2 N–H and O–H groups in total. The lowest BCUT2D eigenvalue weighted by molar-refractivity contribution is 0.0389. The second-order valence-electron chi connectivity index (χ2n) is 5.89. The first-order valence-electron chi connectivity index (χ1n) is 6.96. The Hall–Kier alpha value is -1.65. The van der Waals surface area contributed by atoms with Gasteiger partial charge in [-0.2, -0.15) is 0 Å². The Balaban J connectivity index is 1.63. The fraction of sp³-hybridized carbons (Fsp3) is 0.533. The molecule has 3 nitrogen and oxygen atoms in total. The van der Waals surface area contributed by atoms with E-state index >= 15 is 0 Å². The van der Waals surface area contributed by atoms with Crippen LogP contribution >= 0.6 is 0 Å². The van der Waals surface area contributed by atoms with E-state index in [-0.39, 0.29) is 11.3 Å². The summed E-state index contributed by atoms with van der Waals surface area (Å²) in [6.07, 6.45) is 4.79. The minimum absolute atomic E-state index is 0.252. The second kappa shape index (κ2) is 5.04. The number of nitrogen functional groups attached to an aromatic ring is 1.